The Morgan fingerprint density at radius 2 is 1.11 bits per heavy atom. The van der Waals surface area contributed by atoms with E-state index < -0.39 is 13.5 Å². The SMILES string of the molecule is CC(C)[C@@H]1N([C@H](C)C2=C(P(c3ccccc3)c3ccccc3)C=CC2)B(c2ccccc2)OC1(c1ccccc1)c1ccccc1. The lowest BCUT2D eigenvalue weighted by Gasteiger charge is -2.43. The summed E-state index contributed by atoms with van der Waals surface area (Å²) in [5.74, 6) is 0.305. The molecule has 0 amide bonds. The fourth-order valence-corrected chi connectivity index (χ4v) is 10.3. The minimum absolute atomic E-state index is 0.0755. The molecule has 0 radical (unpaired) electrons. The topological polar surface area (TPSA) is 12.5 Å². The van der Waals surface area contributed by atoms with Gasteiger partial charge < -0.3 is 9.47 Å². The second-order valence-corrected chi connectivity index (χ2v) is 14.9. The molecule has 46 heavy (non-hydrogen) atoms. The number of benzene rings is 5. The average molecular weight is 618 g/mol. The van der Waals surface area contributed by atoms with E-state index in [4.69, 9.17) is 4.65 Å². The van der Waals surface area contributed by atoms with Crippen LogP contribution in [0.15, 0.2) is 175 Å². The Bertz CT molecular complexity index is 1710. The van der Waals surface area contributed by atoms with E-state index in [9.17, 15) is 0 Å². The molecule has 228 valence electrons. The van der Waals surface area contributed by atoms with Gasteiger partial charge in [0.2, 0.25) is 0 Å². The van der Waals surface area contributed by atoms with Gasteiger partial charge in [-0.15, -0.1) is 0 Å². The average Bonchev–Trinajstić information content (AvgIpc) is 3.75. The molecule has 5 aromatic carbocycles. The fraction of sp³-hybridized carbons (Fsp3) is 0.190. The Labute approximate surface area is 276 Å². The lowest BCUT2D eigenvalue weighted by Crippen LogP contribution is -2.55. The molecule has 2 nitrogen and oxygen atoms in total. The van der Waals surface area contributed by atoms with Crippen molar-refractivity contribution in [1.82, 2.24) is 4.81 Å². The summed E-state index contributed by atoms with van der Waals surface area (Å²) in [5, 5.41) is 4.23. The highest BCUT2D eigenvalue weighted by Crippen LogP contribution is 2.53. The van der Waals surface area contributed by atoms with Crippen LogP contribution in [0.1, 0.15) is 38.3 Å². The fourth-order valence-electron chi connectivity index (χ4n) is 7.67. The van der Waals surface area contributed by atoms with E-state index in [1.165, 1.54) is 38.1 Å². The van der Waals surface area contributed by atoms with Gasteiger partial charge in [0.05, 0.1) is 0 Å². The minimum Gasteiger partial charge on any atom is -0.402 e. The van der Waals surface area contributed by atoms with Gasteiger partial charge in [0.1, 0.15) is 5.60 Å². The molecule has 0 saturated carbocycles. The van der Waals surface area contributed by atoms with Crippen LogP contribution in [0.2, 0.25) is 0 Å². The van der Waals surface area contributed by atoms with E-state index in [1.807, 2.05) is 0 Å². The maximum atomic E-state index is 7.63. The molecule has 4 heteroatoms. The summed E-state index contributed by atoms with van der Waals surface area (Å²) in [6.45, 7) is 7.15. The number of nitrogens with zero attached hydrogens (tertiary/aromatic N) is 1. The maximum Gasteiger partial charge on any atom is 0.420 e. The zero-order chi connectivity index (χ0) is 31.5. The molecule has 2 aliphatic rings. The summed E-state index contributed by atoms with van der Waals surface area (Å²) in [6.07, 6.45) is 5.74. The van der Waals surface area contributed by atoms with E-state index >= 15 is 0 Å². The van der Waals surface area contributed by atoms with Crippen molar-refractivity contribution in [2.24, 2.45) is 5.92 Å². The molecule has 0 bridgehead atoms. The Balaban J connectivity index is 1.44. The Morgan fingerprint density at radius 1 is 0.652 bits per heavy atom. The number of hydrogen-bond donors (Lipinski definition) is 0. The predicted molar refractivity (Wildman–Crippen MR) is 196 cm³/mol. The van der Waals surface area contributed by atoms with Crippen molar-refractivity contribution >= 4 is 31.0 Å². The van der Waals surface area contributed by atoms with Crippen molar-refractivity contribution in [3.05, 3.63) is 186 Å². The van der Waals surface area contributed by atoms with E-state index in [0.29, 0.717) is 5.92 Å². The molecular weight excluding hydrogens is 576 g/mol. The smallest absolute Gasteiger partial charge is 0.402 e. The molecule has 1 fully saturated rings. The van der Waals surface area contributed by atoms with Crippen LogP contribution in [0.5, 0.6) is 0 Å². The van der Waals surface area contributed by atoms with Gasteiger partial charge in [-0.25, -0.2) is 0 Å². The molecule has 1 heterocycles. The normalized spacial score (nSPS) is 18.5. The van der Waals surface area contributed by atoms with Crippen molar-refractivity contribution in [1.29, 1.82) is 0 Å². The van der Waals surface area contributed by atoms with Crippen molar-refractivity contribution in [3.63, 3.8) is 0 Å². The van der Waals surface area contributed by atoms with Crippen LogP contribution in [-0.4, -0.2) is 23.9 Å². The minimum atomic E-state index is -0.722. The number of allylic oxidation sites excluding steroid dienone is 3. The van der Waals surface area contributed by atoms with Gasteiger partial charge >= 0.3 is 7.05 Å². The monoisotopic (exact) mass is 617 g/mol. The standard InChI is InChI=1S/C42H41BNOP/c1-32(2)41-42(34-20-9-4-10-21-34,35-22-11-5-12-23-35)45-43(36-24-13-6-14-25-36)44(41)33(3)39-30-19-31-40(39)46(37-26-15-7-16-27-37)38-28-17-8-18-29-38/h4-29,31-33,41H,30H2,1-3H3/t33-,41+/m1/s1. The summed E-state index contributed by atoms with van der Waals surface area (Å²) in [5.41, 5.74) is 4.43. The van der Waals surface area contributed by atoms with Crippen LogP contribution in [0, 0.1) is 5.92 Å². The quantitative estimate of drug-likeness (QED) is 0.122. The van der Waals surface area contributed by atoms with Crippen LogP contribution < -0.4 is 16.1 Å². The molecule has 0 unspecified atom stereocenters. The van der Waals surface area contributed by atoms with Crippen LogP contribution in [-0.2, 0) is 10.3 Å². The largest absolute Gasteiger partial charge is 0.420 e. The first kappa shape index (κ1) is 30.6. The highest BCUT2D eigenvalue weighted by Gasteiger charge is 2.60. The van der Waals surface area contributed by atoms with Gasteiger partial charge in [-0.1, -0.05) is 178 Å². The van der Waals surface area contributed by atoms with Gasteiger partial charge in [0.15, 0.2) is 0 Å². The summed E-state index contributed by atoms with van der Waals surface area (Å²) in [6, 6.07) is 55.1. The second-order valence-electron chi connectivity index (χ2n) is 12.7. The molecule has 1 saturated heterocycles. The molecule has 0 aromatic heterocycles. The van der Waals surface area contributed by atoms with Crippen LogP contribution in [0.3, 0.4) is 0 Å². The summed E-state index contributed by atoms with van der Waals surface area (Å²) in [4.78, 5) is 2.71. The van der Waals surface area contributed by atoms with Gasteiger partial charge in [-0.05, 0) is 65.3 Å². The van der Waals surface area contributed by atoms with E-state index in [0.717, 1.165) is 6.42 Å². The van der Waals surface area contributed by atoms with Crippen LogP contribution >= 0.6 is 7.92 Å². The van der Waals surface area contributed by atoms with Gasteiger partial charge in [-0.2, -0.15) is 0 Å². The Hall–Kier alpha value is -4.01. The Morgan fingerprint density at radius 3 is 1.59 bits per heavy atom. The van der Waals surface area contributed by atoms with Gasteiger partial charge in [0, 0.05) is 12.1 Å². The molecule has 1 aliphatic heterocycles. The summed E-state index contributed by atoms with van der Waals surface area (Å²) in [7, 11) is -0.946. The molecule has 5 aromatic rings. The highest BCUT2D eigenvalue weighted by molar-refractivity contribution is 7.77. The van der Waals surface area contributed by atoms with Crippen molar-refractivity contribution in [3.8, 4) is 0 Å². The first-order valence-electron chi connectivity index (χ1n) is 16.5. The summed E-state index contributed by atoms with van der Waals surface area (Å²) >= 11 is 0. The maximum absolute atomic E-state index is 7.63. The third kappa shape index (κ3) is 5.52. The predicted octanol–water partition coefficient (Wildman–Crippen LogP) is 8.42. The number of rotatable bonds is 9. The van der Waals surface area contributed by atoms with Gasteiger partial charge in [-0.3, -0.25) is 0 Å². The lowest BCUT2D eigenvalue weighted by atomic mass is 9.69. The van der Waals surface area contributed by atoms with Crippen molar-refractivity contribution in [2.45, 2.75) is 44.9 Å². The molecule has 0 spiro atoms. The Kier molecular flexibility index (Phi) is 8.91. The van der Waals surface area contributed by atoms with Crippen molar-refractivity contribution < 1.29 is 4.65 Å². The van der Waals surface area contributed by atoms with E-state index in [2.05, 4.69) is 189 Å². The highest BCUT2D eigenvalue weighted by atomic mass is 31.1. The molecule has 2 atom stereocenters. The number of hydrogen-bond acceptors (Lipinski definition) is 2. The van der Waals surface area contributed by atoms with Crippen molar-refractivity contribution in [2.75, 3.05) is 0 Å². The molecule has 1 aliphatic carbocycles. The van der Waals surface area contributed by atoms with Gasteiger partial charge in [0.25, 0.3) is 0 Å². The third-order valence-corrected chi connectivity index (χ3v) is 12.1. The third-order valence-electron chi connectivity index (χ3n) is 9.59. The van der Waals surface area contributed by atoms with E-state index in [-0.39, 0.29) is 19.1 Å². The zero-order valence-corrected chi connectivity index (χ0v) is 27.8. The lowest BCUT2D eigenvalue weighted by molar-refractivity contribution is 0.0693. The first-order valence-corrected chi connectivity index (χ1v) is 17.8. The second kappa shape index (κ2) is 13.4. The first-order chi connectivity index (χ1) is 22.6. The molecule has 7 rings (SSSR count). The van der Waals surface area contributed by atoms with Crippen LogP contribution in [0.25, 0.3) is 0 Å². The van der Waals surface area contributed by atoms with Crippen LogP contribution in [0.4, 0.5) is 0 Å². The molecule has 0 N–H and O–H groups in total. The van der Waals surface area contributed by atoms with E-state index in [1.54, 1.807) is 0 Å². The summed E-state index contributed by atoms with van der Waals surface area (Å²) < 4.78 is 7.63. The molecular formula is C42H41BNOP. The zero-order valence-electron chi connectivity index (χ0n) is 26.9.